The molecule has 1 fully saturated rings. The van der Waals surface area contributed by atoms with Crippen molar-refractivity contribution in [2.45, 2.75) is 0 Å². The van der Waals surface area contributed by atoms with Gasteiger partial charge < -0.3 is 24.4 Å². The lowest BCUT2D eigenvalue weighted by Crippen LogP contribution is -2.41. The summed E-state index contributed by atoms with van der Waals surface area (Å²) >= 11 is 0. The van der Waals surface area contributed by atoms with Crippen LogP contribution in [0.25, 0.3) is 0 Å². The molecule has 0 atom stereocenters. The predicted octanol–water partition coefficient (Wildman–Crippen LogP) is 2.19. The van der Waals surface area contributed by atoms with Crippen LogP contribution >= 0.6 is 0 Å². The topological polar surface area (TPSA) is 77.1 Å². The molecule has 0 aliphatic carbocycles. The zero-order chi connectivity index (χ0) is 19.1. The first kappa shape index (κ1) is 18.7. The van der Waals surface area contributed by atoms with Crippen molar-refractivity contribution in [3.8, 4) is 11.5 Å². The molecule has 0 aromatic heterocycles. The zero-order valence-electron chi connectivity index (χ0n) is 15.1. The monoisotopic (exact) mass is 370 g/mol. The third-order valence-corrected chi connectivity index (χ3v) is 4.14. The summed E-state index contributed by atoms with van der Waals surface area (Å²) in [5.74, 6) is 0.708. The summed E-state index contributed by atoms with van der Waals surface area (Å²) in [5, 5.41) is 2.76. The molecular formula is C20H22N2O5. The summed E-state index contributed by atoms with van der Waals surface area (Å²) in [6, 6.07) is 14.0. The third-order valence-electron chi connectivity index (χ3n) is 4.14. The van der Waals surface area contributed by atoms with Crippen LogP contribution in [-0.2, 0) is 9.53 Å². The molecule has 1 N–H and O–H groups in total. The van der Waals surface area contributed by atoms with Gasteiger partial charge in [0.15, 0.2) is 6.61 Å². The van der Waals surface area contributed by atoms with Crippen molar-refractivity contribution in [2.75, 3.05) is 45.3 Å². The van der Waals surface area contributed by atoms with Crippen LogP contribution < -0.4 is 14.8 Å². The first-order valence-electron chi connectivity index (χ1n) is 8.70. The second kappa shape index (κ2) is 9.05. The fourth-order valence-corrected chi connectivity index (χ4v) is 2.74. The lowest BCUT2D eigenvalue weighted by molar-refractivity contribution is -0.118. The third kappa shape index (κ3) is 4.98. The number of rotatable bonds is 6. The van der Waals surface area contributed by atoms with Crippen LogP contribution in [0.5, 0.6) is 11.5 Å². The molecule has 1 saturated heterocycles. The highest BCUT2D eigenvalue weighted by Crippen LogP contribution is 2.20. The number of benzene rings is 2. The number of hydrogen-bond donors (Lipinski definition) is 1. The van der Waals surface area contributed by atoms with E-state index in [9.17, 15) is 9.59 Å². The smallest absolute Gasteiger partial charge is 0.262 e. The molecule has 1 aliphatic rings. The molecule has 0 radical (unpaired) electrons. The minimum absolute atomic E-state index is 0.122. The van der Waals surface area contributed by atoms with Gasteiger partial charge in [-0.2, -0.15) is 0 Å². The van der Waals surface area contributed by atoms with Crippen molar-refractivity contribution < 1.29 is 23.8 Å². The van der Waals surface area contributed by atoms with E-state index in [0.717, 1.165) is 0 Å². The van der Waals surface area contributed by atoms with Crippen LogP contribution in [0.2, 0.25) is 0 Å². The molecule has 1 aliphatic heterocycles. The molecule has 27 heavy (non-hydrogen) atoms. The number of ether oxygens (including phenoxy) is 3. The molecule has 0 bridgehead atoms. The first-order chi connectivity index (χ1) is 13.2. The summed E-state index contributed by atoms with van der Waals surface area (Å²) in [5.41, 5.74) is 0.919. The molecule has 142 valence electrons. The molecule has 0 saturated carbocycles. The van der Waals surface area contributed by atoms with Crippen LogP contribution in [-0.4, -0.2) is 56.7 Å². The number of amides is 2. The quantitative estimate of drug-likeness (QED) is 0.843. The van der Waals surface area contributed by atoms with E-state index in [1.807, 2.05) is 0 Å². The number of anilines is 1. The molecule has 7 nitrogen and oxygen atoms in total. The van der Waals surface area contributed by atoms with E-state index in [2.05, 4.69) is 5.32 Å². The summed E-state index contributed by atoms with van der Waals surface area (Å²) in [7, 11) is 1.56. The van der Waals surface area contributed by atoms with Crippen molar-refractivity contribution in [2.24, 2.45) is 0 Å². The Balaban J connectivity index is 1.63. The van der Waals surface area contributed by atoms with Crippen LogP contribution in [0.3, 0.4) is 0 Å². The van der Waals surface area contributed by atoms with E-state index in [1.54, 1.807) is 60.5 Å². The molecule has 1 heterocycles. The Morgan fingerprint density at radius 1 is 1.07 bits per heavy atom. The first-order valence-corrected chi connectivity index (χ1v) is 8.70. The number of methoxy groups -OCH3 is 1. The second-order valence-corrected chi connectivity index (χ2v) is 5.97. The molecule has 2 aromatic rings. The van der Waals surface area contributed by atoms with Crippen LogP contribution in [0.4, 0.5) is 5.69 Å². The standard InChI is InChI=1S/C20H22N2O5/c1-25-15-5-4-6-16(13-15)27-14-19(23)21-18-8-3-2-7-17(18)20(24)22-9-11-26-12-10-22/h2-8,13H,9-12,14H2,1H3,(H,21,23). The Kier molecular flexibility index (Phi) is 6.27. The van der Waals surface area contributed by atoms with Gasteiger partial charge >= 0.3 is 0 Å². The van der Waals surface area contributed by atoms with Crippen LogP contribution in [0.15, 0.2) is 48.5 Å². The van der Waals surface area contributed by atoms with E-state index in [1.165, 1.54) is 0 Å². The van der Waals surface area contributed by atoms with Gasteiger partial charge in [0.2, 0.25) is 0 Å². The fourth-order valence-electron chi connectivity index (χ4n) is 2.74. The van der Waals surface area contributed by atoms with E-state index in [4.69, 9.17) is 14.2 Å². The van der Waals surface area contributed by atoms with Gasteiger partial charge in [0.1, 0.15) is 11.5 Å². The number of carbonyl (C=O) groups excluding carboxylic acids is 2. The Morgan fingerprint density at radius 2 is 1.81 bits per heavy atom. The van der Waals surface area contributed by atoms with Crippen molar-refractivity contribution in [1.82, 2.24) is 4.90 Å². The van der Waals surface area contributed by atoms with E-state index >= 15 is 0 Å². The summed E-state index contributed by atoms with van der Waals surface area (Å²) in [6.07, 6.45) is 0. The molecule has 2 amide bonds. The van der Waals surface area contributed by atoms with E-state index in [-0.39, 0.29) is 18.4 Å². The van der Waals surface area contributed by atoms with Crippen molar-refractivity contribution >= 4 is 17.5 Å². The van der Waals surface area contributed by atoms with Gasteiger partial charge in [-0.3, -0.25) is 9.59 Å². The van der Waals surface area contributed by atoms with Crippen molar-refractivity contribution in [1.29, 1.82) is 0 Å². The number of carbonyl (C=O) groups is 2. The van der Waals surface area contributed by atoms with Gasteiger partial charge in [0.25, 0.3) is 11.8 Å². The summed E-state index contributed by atoms with van der Waals surface area (Å²) < 4.78 is 15.9. The largest absolute Gasteiger partial charge is 0.497 e. The molecule has 7 heteroatoms. The lowest BCUT2D eigenvalue weighted by Gasteiger charge is -2.27. The Morgan fingerprint density at radius 3 is 2.59 bits per heavy atom. The van der Waals surface area contributed by atoms with Crippen LogP contribution in [0.1, 0.15) is 10.4 Å². The van der Waals surface area contributed by atoms with Crippen LogP contribution in [0, 0.1) is 0 Å². The fraction of sp³-hybridized carbons (Fsp3) is 0.300. The van der Waals surface area contributed by atoms with Gasteiger partial charge in [-0.25, -0.2) is 0 Å². The average Bonchev–Trinajstić information content (AvgIpc) is 2.73. The second-order valence-electron chi connectivity index (χ2n) is 5.97. The minimum atomic E-state index is -0.347. The molecule has 0 spiro atoms. The zero-order valence-corrected chi connectivity index (χ0v) is 15.1. The number of morpholine rings is 1. The Bertz CT molecular complexity index is 802. The van der Waals surface area contributed by atoms with Crippen molar-refractivity contribution in [3.05, 3.63) is 54.1 Å². The highest BCUT2D eigenvalue weighted by Gasteiger charge is 2.21. The van der Waals surface area contributed by atoms with Gasteiger partial charge in [-0.05, 0) is 24.3 Å². The normalized spacial score (nSPS) is 13.7. The van der Waals surface area contributed by atoms with Crippen molar-refractivity contribution in [3.63, 3.8) is 0 Å². The summed E-state index contributed by atoms with van der Waals surface area (Å²) in [6.45, 7) is 1.96. The lowest BCUT2D eigenvalue weighted by atomic mass is 10.1. The van der Waals surface area contributed by atoms with Gasteiger partial charge in [0, 0.05) is 19.2 Å². The Labute approximate surface area is 157 Å². The molecule has 3 rings (SSSR count). The SMILES string of the molecule is COc1cccc(OCC(=O)Nc2ccccc2C(=O)N2CCOCC2)c1. The summed E-state index contributed by atoms with van der Waals surface area (Å²) in [4.78, 5) is 26.7. The number of nitrogens with zero attached hydrogens (tertiary/aromatic N) is 1. The Hall–Kier alpha value is -3.06. The highest BCUT2D eigenvalue weighted by molar-refractivity contribution is 6.04. The molecule has 0 unspecified atom stereocenters. The number of nitrogens with one attached hydrogen (secondary N) is 1. The number of hydrogen-bond acceptors (Lipinski definition) is 5. The maximum absolute atomic E-state index is 12.7. The highest BCUT2D eigenvalue weighted by atomic mass is 16.5. The number of para-hydroxylation sites is 1. The van der Waals surface area contributed by atoms with Gasteiger partial charge in [-0.15, -0.1) is 0 Å². The maximum atomic E-state index is 12.7. The molecule has 2 aromatic carbocycles. The molecular weight excluding hydrogens is 348 g/mol. The average molecular weight is 370 g/mol. The van der Waals surface area contributed by atoms with E-state index in [0.29, 0.717) is 49.1 Å². The van der Waals surface area contributed by atoms with Gasteiger partial charge in [-0.1, -0.05) is 18.2 Å². The maximum Gasteiger partial charge on any atom is 0.262 e. The van der Waals surface area contributed by atoms with Gasteiger partial charge in [0.05, 0.1) is 31.6 Å². The van der Waals surface area contributed by atoms with E-state index < -0.39 is 0 Å². The predicted molar refractivity (Wildman–Crippen MR) is 100 cm³/mol. The minimum Gasteiger partial charge on any atom is -0.497 e.